The number of carbonyl (C=O) groups is 8. The highest BCUT2D eigenvalue weighted by atomic mass is 16.6. The predicted octanol–water partition coefficient (Wildman–Crippen LogP) is 9.99. The summed E-state index contributed by atoms with van der Waals surface area (Å²) in [5.74, 6) is -6.14. The molecule has 0 aliphatic heterocycles. The maximum Gasteiger partial charge on any atom is 0.333 e. The number of benzene rings is 4. The first-order valence-electron chi connectivity index (χ1n) is 27.8. The van der Waals surface area contributed by atoms with Crippen molar-refractivity contribution in [3.8, 4) is 34.1 Å². The minimum Gasteiger partial charge on any atom is -0.486 e. The minimum atomic E-state index is -1.35. The first-order chi connectivity index (χ1) is 42.0. The summed E-state index contributed by atoms with van der Waals surface area (Å²) in [5, 5.41) is 0. The molecule has 0 aromatic heterocycles. The van der Waals surface area contributed by atoms with Crippen molar-refractivity contribution in [1.82, 2.24) is 0 Å². The zero-order valence-electron chi connectivity index (χ0n) is 51.4. The molecule has 20 nitrogen and oxygen atoms in total. The Morgan fingerprint density at radius 1 is 0.315 bits per heavy atom. The van der Waals surface area contributed by atoms with Crippen LogP contribution < -0.4 is 18.9 Å². The molecule has 1 aliphatic carbocycles. The summed E-state index contributed by atoms with van der Waals surface area (Å²) in [6.45, 7) is 37.2. The number of fused-ring (bicyclic) bond motifs is 3. The average molecular weight is 1220 g/mol. The van der Waals surface area contributed by atoms with Crippen LogP contribution in [0, 0.1) is 0 Å². The normalized spacial score (nSPS) is 12.8. The molecule has 20 heteroatoms. The van der Waals surface area contributed by atoms with E-state index in [9.17, 15) is 38.4 Å². The second kappa shape index (κ2) is 31.9. The van der Waals surface area contributed by atoms with Crippen molar-refractivity contribution in [2.24, 2.45) is 0 Å². The lowest BCUT2D eigenvalue weighted by atomic mass is 9.67. The third-order valence-electron chi connectivity index (χ3n) is 12.9. The molecule has 0 amide bonds. The van der Waals surface area contributed by atoms with Gasteiger partial charge in [-0.15, -0.1) is 0 Å². The fourth-order valence-corrected chi connectivity index (χ4v) is 8.34. The van der Waals surface area contributed by atoms with Gasteiger partial charge >= 0.3 is 47.8 Å². The Hall–Kier alpha value is -10.2. The van der Waals surface area contributed by atoms with Gasteiger partial charge in [-0.05, 0) is 113 Å². The third-order valence-corrected chi connectivity index (χ3v) is 12.9. The van der Waals surface area contributed by atoms with E-state index in [1.807, 2.05) is 48.5 Å². The zero-order valence-corrected chi connectivity index (χ0v) is 51.4. The predicted molar refractivity (Wildman–Crippen MR) is 328 cm³/mol. The lowest BCUT2D eigenvalue weighted by molar-refractivity contribution is -0.156. The van der Waals surface area contributed by atoms with E-state index >= 15 is 0 Å². The van der Waals surface area contributed by atoms with Crippen molar-refractivity contribution >= 4 is 47.8 Å². The van der Waals surface area contributed by atoms with E-state index in [1.165, 1.54) is 55.4 Å². The molecule has 89 heavy (non-hydrogen) atoms. The van der Waals surface area contributed by atoms with Crippen LogP contribution in [0.4, 0.5) is 0 Å². The maximum absolute atomic E-state index is 13.1. The molecule has 4 atom stereocenters. The van der Waals surface area contributed by atoms with Gasteiger partial charge in [0.2, 0.25) is 0 Å². The van der Waals surface area contributed by atoms with Crippen molar-refractivity contribution in [1.29, 1.82) is 0 Å². The van der Waals surface area contributed by atoms with E-state index in [0.29, 0.717) is 11.1 Å². The molecule has 0 spiro atoms. The molecule has 470 valence electrons. The van der Waals surface area contributed by atoms with Gasteiger partial charge in [-0.3, -0.25) is 0 Å². The summed E-state index contributed by atoms with van der Waals surface area (Å²) < 4.78 is 70.4. The Morgan fingerprint density at radius 3 is 0.798 bits per heavy atom. The van der Waals surface area contributed by atoms with Gasteiger partial charge in [-0.1, -0.05) is 113 Å². The SMILES string of the molecule is C=C(C)C(=O)OCC(COc1ccc(C2(c3ccc(OCC(COC(=O)C(=C)C)OC(=O)C(=C)C)c(OCC(COC(=O)C(=C)C)OC(=O)C(=C)C)c3)c3ccccc3-c3ccccc32)cc1OCC(COC(=O)C(=C)C)OC(=O)C(=C)C)OC(=O)C(=C)C. The summed E-state index contributed by atoms with van der Waals surface area (Å²) in [4.78, 5) is 103. The highest BCUT2D eigenvalue weighted by molar-refractivity contribution is 5.91. The zero-order chi connectivity index (χ0) is 65.9. The van der Waals surface area contributed by atoms with E-state index in [4.69, 9.17) is 56.8 Å². The van der Waals surface area contributed by atoms with Gasteiger partial charge < -0.3 is 56.8 Å². The first kappa shape index (κ1) is 69.5. The van der Waals surface area contributed by atoms with Gasteiger partial charge in [-0.25, -0.2) is 38.4 Å². The second-order valence-corrected chi connectivity index (χ2v) is 21.2. The number of hydrogen-bond donors (Lipinski definition) is 0. The molecular formula is C69H74O20. The van der Waals surface area contributed by atoms with Crippen LogP contribution in [0.2, 0.25) is 0 Å². The van der Waals surface area contributed by atoms with Crippen LogP contribution in [0.5, 0.6) is 23.0 Å². The minimum absolute atomic E-state index is 0.0147. The number of ether oxygens (including phenoxy) is 12. The third kappa shape index (κ3) is 18.9. The second-order valence-electron chi connectivity index (χ2n) is 21.2. The van der Waals surface area contributed by atoms with Crippen molar-refractivity contribution in [2.45, 2.75) is 85.2 Å². The van der Waals surface area contributed by atoms with Crippen molar-refractivity contribution in [3.05, 3.63) is 204 Å². The molecule has 5 rings (SSSR count). The fourth-order valence-electron chi connectivity index (χ4n) is 8.34. The summed E-state index contributed by atoms with van der Waals surface area (Å²) >= 11 is 0. The van der Waals surface area contributed by atoms with Crippen LogP contribution in [0.3, 0.4) is 0 Å². The topological polar surface area (TPSA) is 247 Å². The van der Waals surface area contributed by atoms with Crippen molar-refractivity contribution < 1.29 is 95.2 Å². The summed E-state index contributed by atoms with van der Waals surface area (Å²) in [5.41, 5.74) is 3.36. The van der Waals surface area contributed by atoms with Gasteiger partial charge in [-0.2, -0.15) is 0 Å². The smallest absolute Gasteiger partial charge is 0.333 e. The van der Waals surface area contributed by atoms with Gasteiger partial charge in [0.05, 0.1) is 5.41 Å². The number of carbonyl (C=O) groups excluding carboxylic acids is 8. The van der Waals surface area contributed by atoms with Crippen LogP contribution in [0.25, 0.3) is 11.1 Å². The van der Waals surface area contributed by atoms with E-state index in [0.717, 1.165) is 22.3 Å². The Balaban J connectivity index is 1.80. The van der Waals surface area contributed by atoms with Crippen molar-refractivity contribution in [2.75, 3.05) is 52.9 Å². The van der Waals surface area contributed by atoms with E-state index in [-0.39, 0.29) is 67.6 Å². The molecule has 0 fully saturated rings. The van der Waals surface area contributed by atoms with Crippen LogP contribution in [-0.4, -0.2) is 125 Å². The van der Waals surface area contributed by atoms with E-state index < -0.39 is 130 Å². The molecule has 0 radical (unpaired) electrons. The largest absolute Gasteiger partial charge is 0.486 e. The molecule has 0 bridgehead atoms. The van der Waals surface area contributed by atoms with Gasteiger partial charge in [0, 0.05) is 44.6 Å². The van der Waals surface area contributed by atoms with Crippen LogP contribution in [0.15, 0.2) is 182 Å². The van der Waals surface area contributed by atoms with E-state index in [2.05, 4.69) is 52.6 Å². The summed E-state index contributed by atoms with van der Waals surface area (Å²) in [6.07, 6.45) is -4.91. The van der Waals surface area contributed by atoms with Gasteiger partial charge in [0.25, 0.3) is 0 Å². The highest BCUT2D eigenvalue weighted by Gasteiger charge is 2.47. The fraction of sp³-hybridized carbons (Fsp3) is 0.304. The van der Waals surface area contributed by atoms with Crippen LogP contribution >= 0.6 is 0 Å². The van der Waals surface area contributed by atoms with Crippen LogP contribution in [-0.2, 0) is 81.7 Å². The number of esters is 8. The Bertz CT molecular complexity index is 3260. The lowest BCUT2D eigenvalue weighted by Gasteiger charge is -2.35. The quantitative estimate of drug-likeness (QED) is 0.0211. The Morgan fingerprint density at radius 2 is 0.551 bits per heavy atom. The van der Waals surface area contributed by atoms with Crippen molar-refractivity contribution in [3.63, 3.8) is 0 Å². The molecular weight excluding hydrogens is 1150 g/mol. The Kier molecular flexibility index (Phi) is 25.0. The summed E-state index contributed by atoms with van der Waals surface area (Å²) in [7, 11) is 0. The van der Waals surface area contributed by atoms with E-state index in [1.54, 1.807) is 36.4 Å². The Labute approximate surface area is 517 Å². The molecule has 0 heterocycles. The molecule has 0 saturated carbocycles. The maximum atomic E-state index is 13.1. The monoisotopic (exact) mass is 1220 g/mol. The standard InChI is InChI=1S/C69H74O20/c1-39(2)61(70)82-35-49(86-65(74)43(9)10)31-78-57-27-25-47(29-59(57)80-33-51(88-67(76)45(13)14)37-84-63(72)41(5)6)69(55-23-19-17-21-53(55)54-22-18-20-24-56(54)69)48-26-28-58(79-32-50(87-66(75)44(11)12)36-83-62(71)40(3)4)60(30-48)81-34-52(89-68(77)46(15)16)38-85-64(73)42(7)8/h17-30,49-52H,1,3,5,7,9,11,13,15,31-38H2,2,4,6,8,10,12,14,16H3. The molecule has 0 saturated heterocycles. The van der Waals surface area contributed by atoms with Gasteiger partial charge in [0.15, 0.2) is 47.4 Å². The lowest BCUT2D eigenvalue weighted by Crippen LogP contribution is -2.33. The molecule has 4 aromatic rings. The number of rotatable bonds is 34. The molecule has 1 aliphatic rings. The number of hydrogen-bond acceptors (Lipinski definition) is 20. The highest BCUT2D eigenvalue weighted by Crippen LogP contribution is 2.57. The van der Waals surface area contributed by atoms with Gasteiger partial charge in [0.1, 0.15) is 52.9 Å². The molecule has 0 N–H and O–H groups in total. The van der Waals surface area contributed by atoms with Crippen LogP contribution in [0.1, 0.15) is 77.6 Å². The average Bonchev–Trinajstić information content (AvgIpc) is 1.58. The molecule has 4 unspecified atom stereocenters. The summed E-state index contributed by atoms with van der Waals surface area (Å²) in [6, 6.07) is 25.4. The molecule has 4 aromatic carbocycles. The first-order valence-corrected chi connectivity index (χ1v) is 27.8.